The molecule has 0 aliphatic heterocycles. The first kappa shape index (κ1) is 14.9. The van der Waals surface area contributed by atoms with Crippen molar-refractivity contribution in [2.75, 3.05) is 18.6 Å². The monoisotopic (exact) mass is 267 g/mol. The summed E-state index contributed by atoms with van der Waals surface area (Å²) in [5, 5.41) is 3.12. The molecule has 88 valence electrons. The Balaban J connectivity index is 3.96. The van der Waals surface area contributed by atoms with E-state index in [-0.39, 0.29) is 10.5 Å². The van der Waals surface area contributed by atoms with Gasteiger partial charge in [-0.1, -0.05) is 13.8 Å². The van der Waals surface area contributed by atoms with Crippen molar-refractivity contribution in [2.45, 2.75) is 18.4 Å². The molecular formula is C8H17N3OS3. The average molecular weight is 267 g/mol. The van der Waals surface area contributed by atoms with Crippen LogP contribution in [-0.4, -0.2) is 34.2 Å². The van der Waals surface area contributed by atoms with E-state index in [1.165, 1.54) is 0 Å². The van der Waals surface area contributed by atoms with Gasteiger partial charge < -0.3 is 5.32 Å². The third kappa shape index (κ3) is 6.86. The topological polar surface area (TPSA) is 53.2 Å². The van der Waals surface area contributed by atoms with Crippen molar-refractivity contribution in [1.29, 1.82) is 0 Å². The number of hydrogen-bond donors (Lipinski definition) is 3. The van der Waals surface area contributed by atoms with E-state index in [9.17, 15) is 4.79 Å². The highest BCUT2D eigenvalue weighted by atomic mass is 32.2. The Morgan fingerprint density at radius 3 is 2.20 bits per heavy atom. The molecule has 0 saturated heterocycles. The second kappa shape index (κ2) is 9.11. The maximum Gasteiger partial charge on any atom is 0.261 e. The molecule has 0 radical (unpaired) electrons. The summed E-state index contributed by atoms with van der Waals surface area (Å²) in [5.74, 6) is 1.79. The Hall–Kier alpha value is -0.140. The van der Waals surface area contributed by atoms with Crippen molar-refractivity contribution in [3.05, 3.63) is 0 Å². The van der Waals surface area contributed by atoms with E-state index in [0.717, 1.165) is 11.5 Å². The molecule has 0 fully saturated rings. The van der Waals surface area contributed by atoms with Crippen LogP contribution in [0.5, 0.6) is 0 Å². The Bertz CT molecular complexity index is 207. The maximum atomic E-state index is 11.6. The quantitative estimate of drug-likeness (QED) is 0.392. The molecule has 7 heteroatoms. The molecule has 0 heterocycles. The number of carbonyl (C=O) groups is 1. The first-order valence-corrected chi connectivity index (χ1v) is 7.17. The number of carbonyl (C=O) groups excluding carboxylic acids is 1. The molecule has 3 N–H and O–H groups in total. The van der Waals surface area contributed by atoms with Gasteiger partial charge in [0.05, 0.1) is 0 Å². The van der Waals surface area contributed by atoms with Gasteiger partial charge in [-0.15, -0.1) is 23.5 Å². The zero-order valence-corrected chi connectivity index (χ0v) is 11.6. The maximum absolute atomic E-state index is 11.6. The number of thiocarbonyl (C=S) groups is 1. The highest BCUT2D eigenvalue weighted by Crippen LogP contribution is 2.22. The summed E-state index contributed by atoms with van der Waals surface area (Å²) in [5.41, 5.74) is 5.19. The van der Waals surface area contributed by atoms with Gasteiger partial charge in [0.25, 0.3) is 5.91 Å². The minimum absolute atomic E-state index is 0.0497. The lowest BCUT2D eigenvalue weighted by Gasteiger charge is -2.15. The van der Waals surface area contributed by atoms with Crippen LogP contribution in [0.1, 0.15) is 13.8 Å². The van der Waals surface area contributed by atoms with E-state index in [2.05, 4.69) is 16.2 Å². The summed E-state index contributed by atoms with van der Waals surface area (Å²) in [7, 11) is 1.69. The Kier molecular flexibility index (Phi) is 9.03. The van der Waals surface area contributed by atoms with Crippen LogP contribution in [0.3, 0.4) is 0 Å². The third-order valence-corrected chi connectivity index (χ3v) is 4.20. The molecule has 0 aromatic rings. The van der Waals surface area contributed by atoms with Crippen molar-refractivity contribution in [2.24, 2.45) is 0 Å². The van der Waals surface area contributed by atoms with Crippen LogP contribution in [0.15, 0.2) is 0 Å². The lowest BCUT2D eigenvalue weighted by atomic mass is 10.7. The summed E-state index contributed by atoms with van der Waals surface area (Å²) in [6.07, 6.45) is 0. The van der Waals surface area contributed by atoms with Crippen LogP contribution in [0.4, 0.5) is 0 Å². The fraction of sp³-hybridized carbons (Fsp3) is 0.750. The van der Waals surface area contributed by atoms with Crippen LogP contribution >= 0.6 is 35.7 Å². The van der Waals surface area contributed by atoms with Gasteiger partial charge in [0.1, 0.15) is 4.58 Å². The highest BCUT2D eigenvalue weighted by Gasteiger charge is 2.17. The van der Waals surface area contributed by atoms with E-state index in [1.807, 2.05) is 13.8 Å². The van der Waals surface area contributed by atoms with Gasteiger partial charge in [0, 0.05) is 7.05 Å². The van der Waals surface area contributed by atoms with E-state index in [0.29, 0.717) is 5.11 Å². The van der Waals surface area contributed by atoms with E-state index in [4.69, 9.17) is 12.2 Å². The number of nitrogens with one attached hydrogen (secondary N) is 3. The van der Waals surface area contributed by atoms with Crippen LogP contribution in [-0.2, 0) is 4.79 Å². The number of hydrogen-bond acceptors (Lipinski definition) is 4. The van der Waals surface area contributed by atoms with Crippen LogP contribution in [0, 0.1) is 0 Å². The van der Waals surface area contributed by atoms with Crippen molar-refractivity contribution < 1.29 is 4.79 Å². The van der Waals surface area contributed by atoms with Crippen molar-refractivity contribution in [3.63, 3.8) is 0 Å². The van der Waals surface area contributed by atoms with Gasteiger partial charge in [-0.05, 0) is 23.7 Å². The molecule has 0 spiro atoms. The number of hydrazine groups is 1. The second-order valence-electron chi connectivity index (χ2n) is 2.44. The van der Waals surface area contributed by atoms with Crippen LogP contribution < -0.4 is 16.2 Å². The lowest BCUT2D eigenvalue weighted by molar-refractivity contribution is -0.119. The zero-order valence-electron chi connectivity index (χ0n) is 9.12. The van der Waals surface area contributed by atoms with E-state index >= 15 is 0 Å². The molecule has 0 atom stereocenters. The number of amides is 1. The molecule has 0 aromatic heterocycles. The molecular weight excluding hydrogens is 250 g/mol. The summed E-state index contributed by atoms with van der Waals surface area (Å²) in [4.78, 5) is 11.6. The first-order chi connectivity index (χ1) is 7.15. The van der Waals surface area contributed by atoms with Gasteiger partial charge >= 0.3 is 0 Å². The number of thioether (sulfide) groups is 2. The second-order valence-corrected chi connectivity index (χ2v) is 5.91. The SMILES string of the molecule is CCSC(SCC)C(=O)NNC(=S)NC. The normalized spacial score (nSPS) is 9.87. The summed E-state index contributed by atoms with van der Waals surface area (Å²) >= 11 is 8.07. The lowest BCUT2D eigenvalue weighted by Crippen LogP contribution is -2.48. The number of rotatable bonds is 5. The highest BCUT2D eigenvalue weighted by molar-refractivity contribution is 8.18. The van der Waals surface area contributed by atoms with E-state index in [1.54, 1.807) is 30.6 Å². The largest absolute Gasteiger partial charge is 0.364 e. The van der Waals surface area contributed by atoms with Gasteiger partial charge in [0.15, 0.2) is 5.11 Å². The standard InChI is InChI=1S/C8H17N3OS3/c1-4-14-7(15-5-2)6(12)10-11-8(13)9-3/h7H,4-5H2,1-3H3,(H,10,12)(H2,9,11,13). The third-order valence-electron chi connectivity index (χ3n) is 1.38. The molecule has 0 bridgehead atoms. The molecule has 0 aromatic carbocycles. The minimum Gasteiger partial charge on any atom is -0.364 e. The van der Waals surface area contributed by atoms with Gasteiger partial charge in [-0.3, -0.25) is 15.6 Å². The molecule has 15 heavy (non-hydrogen) atoms. The Labute approximate surface area is 105 Å². The molecule has 1 amide bonds. The van der Waals surface area contributed by atoms with Crippen LogP contribution in [0.2, 0.25) is 0 Å². The fourth-order valence-electron chi connectivity index (χ4n) is 0.742. The Morgan fingerprint density at radius 1 is 1.27 bits per heavy atom. The van der Waals surface area contributed by atoms with Crippen molar-refractivity contribution in [1.82, 2.24) is 16.2 Å². The van der Waals surface area contributed by atoms with Crippen molar-refractivity contribution in [3.8, 4) is 0 Å². The zero-order chi connectivity index (χ0) is 11.7. The van der Waals surface area contributed by atoms with Gasteiger partial charge in [0.2, 0.25) is 0 Å². The molecule has 0 aliphatic rings. The summed E-state index contributed by atoms with van der Waals surface area (Å²) in [6, 6.07) is 0. The first-order valence-electron chi connectivity index (χ1n) is 4.66. The predicted octanol–water partition coefficient (Wildman–Crippen LogP) is 0.944. The molecule has 4 nitrogen and oxygen atoms in total. The minimum atomic E-state index is -0.0767. The van der Waals surface area contributed by atoms with Gasteiger partial charge in [-0.2, -0.15) is 0 Å². The average Bonchev–Trinajstić information content (AvgIpc) is 2.25. The van der Waals surface area contributed by atoms with Gasteiger partial charge in [-0.25, -0.2) is 0 Å². The molecule has 0 saturated carbocycles. The van der Waals surface area contributed by atoms with Crippen LogP contribution in [0.25, 0.3) is 0 Å². The summed E-state index contributed by atoms with van der Waals surface area (Å²) in [6.45, 7) is 4.07. The fourth-order valence-corrected chi connectivity index (χ4v) is 3.02. The van der Waals surface area contributed by atoms with E-state index < -0.39 is 0 Å². The molecule has 0 aliphatic carbocycles. The summed E-state index contributed by atoms with van der Waals surface area (Å²) < 4.78 is -0.0767. The smallest absolute Gasteiger partial charge is 0.261 e. The predicted molar refractivity (Wildman–Crippen MR) is 73.0 cm³/mol. The van der Waals surface area contributed by atoms with Crippen molar-refractivity contribution >= 4 is 46.8 Å². The molecule has 0 unspecified atom stereocenters. The Morgan fingerprint density at radius 2 is 1.80 bits per heavy atom. The molecule has 0 rings (SSSR count).